The van der Waals surface area contributed by atoms with Gasteiger partial charge < -0.3 is 15.7 Å². The van der Waals surface area contributed by atoms with Crippen LogP contribution in [0.25, 0.3) is 16.9 Å². The maximum Gasteiger partial charge on any atom is 0.278 e. The van der Waals surface area contributed by atoms with Gasteiger partial charge in [0.15, 0.2) is 17.3 Å². The fourth-order valence-corrected chi connectivity index (χ4v) is 4.81. The standard InChI is InChI=1S/C25H24FN7O2/c26-19-5-6-20(25(35)8-9-25)30-22(19)33-21-18(23(34)32(33)17-3-4-17)13-28-24(31-21)29-16-2-1-14-7-10-27-12-15(14)11-16/h1-2,5-6,11,13,17,27,35H,3-4,7-10,12H2,(H,28,29,31). The fraction of sp³-hybridized carbons (Fsp3) is 0.360. The lowest BCUT2D eigenvalue weighted by atomic mass is 10.0. The van der Waals surface area contributed by atoms with Crippen LogP contribution in [0, 0.1) is 5.82 Å². The summed E-state index contributed by atoms with van der Waals surface area (Å²) in [7, 11) is 0. The van der Waals surface area contributed by atoms with Gasteiger partial charge in [-0.1, -0.05) is 6.07 Å². The summed E-state index contributed by atoms with van der Waals surface area (Å²) in [5.41, 5.74) is 2.76. The third kappa shape index (κ3) is 3.43. The summed E-state index contributed by atoms with van der Waals surface area (Å²) >= 11 is 0. The summed E-state index contributed by atoms with van der Waals surface area (Å²) in [5.74, 6) is -0.314. The zero-order chi connectivity index (χ0) is 23.7. The van der Waals surface area contributed by atoms with Crippen LogP contribution < -0.4 is 16.2 Å². The Hall–Kier alpha value is -3.63. The molecule has 3 N–H and O–H groups in total. The minimum atomic E-state index is -1.03. The van der Waals surface area contributed by atoms with E-state index in [1.54, 1.807) is 0 Å². The molecular weight excluding hydrogens is 449 g/mol. The maximum absolute atomic E-state index is 15.1. The zero-order valence-electron chi connectivity index (χ0n) is 19.0. The molecule has 3 aromatic heterocycles. The highest BCUT2D eigenvalue weighted by molar-refractivity contribution is 5.77. The molecule has 10 heteroatoms. The molecule has 178 valence electrons. The third-order valence-corrected chi connectivity index (χ3v) is 7.09. The maximum atomic E-state index is 15.1. The van der Waals surface area contributed by atoms with E-state index in [1.165, 1.54) is 38.8 Å². The number of nitrogens with one attached hydrogen (secondary N) is 2. The van der Waals surface area contributed by atoms with Crippen molar-refractivity contribution < 1.29 is 9.50 Å². The molecule has 1 aliphatic heterocycles. The van der Waals surface area contributed by atoms with Crippen LogP contribution in [-0.4, -0.2) is 36.0 Å². The SMILES string of the molecule is O=c1c2cnc(Nc3ccc4c(c3)CNCC4)nc2n(-c2nc(C3(O)CC3)ccc2F)n1C1CC1. The topological polar surface area (TPSA) is 110 Å². The summed E-state index contributed by atoms with van der Waals surface area (Å²) in [6, 6.07) is 8.91. The van der Waals surface area contributed by atoms with Crippen LogP contribution in [0.1, 0.15) is 48.5 Å². The number of hydrogen-bond acceptors (Lipinski definition) is 7. The molecule has 1 aromatic carbocycles. The predicted molar refractivity (Wildman–Crippen MR) is 127 cm³/mol. The lowest BCUT2D eigenvalue weighted by Gasteiger charge is -2.18. The van der Waals surface area contributed by atoms with Gasteiger partial charge in [0.25, 0.3) is 5.56 Å². The minimum Gasteiger partial charge on any atom is -0.384 e. The van der Waals surface area contributed by atoms with Crippen LogP contribution in [0.15, 0.2) is 41.3 Å². The van der Waals surface area contributed by atoms with E-state index >= 15 is 4.39 Å². The Morgan fingerprint density at radius 3 is 2.80 bits per heavy atom. The van der Waals surface area contributed by atoms with Gasteiger partial charge in [0, 0.05) is 18.4 Å². The highest BCUT2D eigenvalue weighted by Crippen LogP contribution is 2.45. The van der Waals surface area contributed by atoms with Gasteiger partial charge in [-0.2, -0.15) is 4.98 Å². The van der Waals surface area contributed by atoms with Gasteiger partial charge in [-0.25, -0.2) is 23.7 Å². The molecule has 0 saturated heterocycles. The summed E-state index contributed by atoms with van der Waals surface area (Å²) in [4.78, 5) is 26.7. The number of halogens is 1. The first-order valence-electron chi connectivity index (χ1n) is 12.0. The molecule has 35 heavy (non-hydrogen) atoms. The van der Waals surface area contributed by atoms with Crippen LogP contribution in [0.4, 0.5) is 16.0 Å². The Bertz CT molecular complexity index is 1550. The number of aliphatic hydroxyl groups is 1. The quantitative estimate of drug-likeness (QED) is 0.409. The number of nitrogens with zero attached hydrogens (tertiary/aromatic N) is 5. The van der Waals surface area contributed by atoms with Crippen molar-refractivity contribution >= 4 is 22.7 Å². The molecule has 2 aliphatic carbocycles. The van der Waals surface area contributed by atoms with Crippen molar-refractivity contribution in [3.63, 3.8) is 0 Å². The first-order chi connectivity index (χ1) is 17.0. The third-order valence-electron chi connectivity index (χ3n) is 7.09. The largest absolute Gasteiger partial charge is 0.384 e. The van der Waals surface area contributed by atoms with E-state index in [2.05, 4.69) is 37.7 Å². The van der Waals surface area contributed by atoms with Crippen LogP contribution in [0.5, 0.6) is 0 Å². The van der Waals surface area contributed by atoms with E-state index in [1.807, 2.05) is 6.07 Å². The number of anilines is 2. The smallest absolute Gasteiger partial charge is 0.278 e. The summed E-state index contributed by atoms with van der Waals surface area (Å²) in [6.07, 6.45) is 5.29. The number of hydrogen-bond donors (Lipinski definition) is 3. The van der Waals surface area contributed by atoms with Crippen LogP contribution in [-0.2, 0) is 18.6 Å². The first kappa shape index (κ1) is 20.7. The van der Waals surface area contributed by atoms with Crippen molar-refractivity contribution in [3.8, 4) is 5.82 Å². The van der Waals surface area contributed by atoms with Gasteiger partial charge in [-0.05, 0) is 74.0 Å². The Labute approximate surface area is 199 Å². The van der Waals surface area contributed by atoms with E-state index in [9.17, 15) is 9.90 Å². The van der Waals surface area contributed by atoms with E-state index in [0.717, 1.165) is 38.0 Å². The van der Waals surface area contributed by atoms with Crippen molar-refractivity contribution in [3.05, 3.63) is 69.5 Å². The Morgan fingerprint density at radius 2 is 2.00 bits per heavy atom. The van der Waals surface area contributed by atoms with Gasteiger partial charge in [-0.3, -0.25) is 4.79 Å². The molecule has 0 bridgehead atoms. The number of pyridine rings is 1. The molecular formula is C25H24FN7O2. The van der Waals surface area contributed by atoms with E-state index < -0.39 is 11.4 Å². The first-order valence-corrected chi connectivity index (χ1v) is 12.0. The molecule has 4 heterocycles. The molecule has 2 fully saturated rings. The molecule has 3 aliphatic rings. The molecule has 4 aromatic rings. The second-order valence-electron chi connectivity index (χ2n) is 9.69. The van der Waals surface area contributed by atoms with Crippen molar-refractivity contribution in [1.82, 2.24) is 29.6 Å². The number of aromatic nitrogens is 5. The van der Waals surface area contributed by atoms with Crippen molar-refractivity contribution in [2.24, 2.45) is 0 Å². The lowest BCUT2D eigenvalue weighted by Crippen LogP contribution is -2.23. The van der Waals surface area contributed by atoms with Gasteiger partial charge in [0.05, 0.1) is 11.7 Å². The lowest BCUT2D eigenvalue weighted by molar-refractivity contribution is 0.146. The zero-order valence-corrected chi connectivity index (χ0v) is 19.0. The van der Waals surface area contributed by atoms with Gasteiger partial charge in [0.2, 0.25) is 5.95 Å². The predicted octanol–water partition coefficient (Wildman–Crippen LogP) is 2.82. The highest BCUT2D eigenvalue weighted by Gasteiger charge is 2.44. The molecule has 7 rings (SSSR count). The molecule has 9 nitrogen and oxygen atoms in total. The van der Waals surface area contributed by atoms with Crippen molar-refractivity contribution in [2.75, 3.05) is 11.9 Å². The van der Waals surface area contributed by atoms with Crippen LogP contribution in [0.2, 0.25) is 0 Å². The Balaban J connectivity index is 1.36. The summed E-state index contributed by atoms with van der Waals surface area (Å²) < 4.78 is 18.1. The molecule has 0 atom stereocenters. The van der Waals surface area contributed by atoms with Crippen LogP contribution in [0.3, 0.4) is 0 Å². The summed E-state index contributed by atoms with van der Waals surface area (Å²) in [6.45, 7) is 1.78. The molecule has 2 saturated carbocycles. The normalized spacial score (nSPS) is 18.5. The summed E-state index contributed by atoms with van der Waals surface area (Å²) in [5, 5.41) is 17.5. The van der Waals surface area contributed by atoms with Crippen molar-refractivity contribution in [1.29, 1.82) is 0 Å². The van der Waals surface area contributed by atoms with Gasteiger partial charge in [-0.15, -0.1) is 0 Å². The molecule has 0 spiro atoms. The number of benzene rings is 1. The van der Waals surface area contributed by atoms with Crippen molar-refractivity contribution in [2.45, 2.75) is 50.3 Å². The minimum absolute atomic E-state index is 0.0358. The van der Waals surface area contributed by atoms with Gasteiger partial charge in [0.1, 0.15) is 11.0 Å². The number of fused-ring (bicyclic) bond motifs is 2. The molecule has 0 amide bonds. The molecule has 0 radical (unpaired) electrons. The van der Waals surface area contributed by atoms with Gasteiger partial charge >= 0.3 is 0 Å². The Kier molecular flexibility index (Phi) is 4.40. The number of rotatable bonds is 5. The fourth-order valence-electron chi connectivity index (χ4n) is 4.81. The average Bonchev–Trinajstić information content (AvgIpc) is 3.80. The molecule has 0 unspecified atom stereocenters. The monoisotopic (exact) mass is 473 g/mol. The second kappa shape index (κ2) is 7.43. The Morgan fingerprint density at radius 1 is 1.14 bits per heavy atom. The van der Waals surface area contributed by atoms with Crippen LogP contribution >= 0.6 is 0 Å². The average molecular weight is 474 g/mol. The van der Waals surface area contributed by atoms with E-state index in [0.29, 0.717) is 29.9 Å². The van der Waals surface area contributed by atoms with E-state index in [-0.39, 0.29) is 23.1 Å². The van der Waals surface area contributed by atoms with E-state index in [4.69, 9.17) is 0 Å². The second-order valence-corrected chi connectivity index (χ2v) is 9.69. The highest BCUT2D eigenvalue weighted by atomic mass is 19.1.